The first-order valence-electron chi connectivity index (χ1n) is 11.4. The van der Waals surface area contributed by atoms with Gasteiger partial charge in [0.25, 0.3) is 0 Å². The molecule has 2 bridgehead atoms. The van der Waals surface area contributed by atoms with Crippen molar-refractivity contribution < 1.29 is 44.3 Å². The Labute approximate surface area is 208 Å². The molecule has 5 rings (SSSR count). The van der Waals surface area contributed by atoms with Crippen LogP contribution in [0.1, 0.15) is 24.2 Å². The minimum Gasteiger partial charge on any atom is -0.480 e. The summed E-state index contributed by atoms with van der Waals surface area (Å²) in [5, 5.41) is 6.87. The highest BCUT2D eigenvalue weighted by atomic mass is 19.4. The van der Waals surface area contributed by atoms with E-state index in [4.69, 9.17) is 0 Å². The third kappa shape index (κ3) is 5.25. The molecule has 4 heterocycles. The lowest BCUT2D eigenvalue weighted by molar-refractivity contribution is -0.153. The summed E-state index contributed by atoms with van der Waals surface area (Å²) in [5.41, 5.74) is -2.44. The number of anilines is 2. The van der Waals surface area contributed by atoms with E-state index in [1.807, 2.05) is 0 Å². The molecule has 16 heteroatoms. The van der Waals surface area contributed by atoms with Crippen molar-refractivity contribution in [2.45, 2.75) is 37.4 Å². The topological polar surface area (TPSA) is 67.6 Å². The number of fused-ring (bicyclic) bond motifs is 3. The molecule has 3 atom stereocenters. The number of nitrogens with one attached hydrogen (secondary N) is 1. The second-order valence-corrected chi connectivity index (χ2v) is 9.22. The fourth-order valence-corrected chi connectivity index (χ4v) is 5.08. The van der Waals surface area contributed by atoms with Gasteiger partial charge >= 0.3 is 18.5 Å². The Balaban J connectivity index is 1.38. The van der Waals surface area contributed by atoms with Crippen molar-refractivity contribution in [1.82, 2.24) is 19.6 Å². The molecule has 2 unspecified atom stereocenters. The Bertz CT molecular complexity index is 1310. The number of halogens is 9. The van der Waals surface area contributed by atoms with Gasteiger partial charge in [-0.15, -0.1) is 5.10 Å². The summed E-state index contributed by atoms with van der Waals surface area (Å²) in [6.45, 7) is -0.982. The van der Waals surface area contributed by atoms with Crippen LogP contribution in [-0.2, 0) is 12.4 Å². The van der Waals surface area contributed by atoms with Crippen molar-refractivity contribution in [3.8, 4) is 5.75 Å². The Morgan fingerprint density at radius 1 is 0.921 bits per heavy atom. The first kappa shape index (κ1) is 26.2. The van der Waals surface area contributed by atoms with E-state index in [9.17, 15) is 39.5 Å². The van der Waals surface area contributed by atoms with Crippen molar-refractivity contribution >= 4 is 17.3 Å². The number of ether oxygens (including phenoxy) is 1. The predicted octanol–water partition coefficient (Wildman–Crippen LogP) is 5.43. The van der Waals surface area contributed by atoms with Crippen molar-refractivity contribution in [1.29, 1.82) is 0 Å². The second-order valence-electron chi connectivity index (χ2n) is 9.22. The van der Waals surface area contributed by atoms with Crippen molar-refractivity contribution in [2.24, 2.45) is 11.8 Å². The molecule has 0 spiro atoms. The van der Waals surface area contributed by atoms with Crippen molar-refractivity contribution in [3.63, 3.8) is 0 Å². The van der Waals surface area contributed by atoms with Crippen LogP contribution in [0.3, 0.4) is 0 Å². The number of nitrogens with zero attached hydrogens (tertiary/aromatic N) is 5. The third-order valence-corrected chi connectivity index (χ3v) is 6.66. The van der Waals surface area contributed by atoms with Gasteiger partial charge in [-0.25, -0.2) is 4.52 Å². The molecule has 0 aromatic carbocycles. The lowest BCUT2D eigenvalue weighted by atomic mass is 9.92. The highest BCUT2D eigenvalue weighted by Crippen LogP contribution is 2.41. The van der Waals surface area contributed by atoms with E-state index in [2.05, 4.69) is 25.1 Å². The molecule has 38 heavy (non-hydrogen) atoms. The standard InChI is InChI=1S/C22H19F9N6O/c23-20(24,25)10-38-14-3-4-16(22(29,30)31)37-18(14)34-19(35-37)33-17-11-1-2-12(17)9-36(8-11)13-5-6-32-15(7-13)21(26,27)28/h3-7,11-12,17H,1-2,8-10H2,(H,33,35)/t11-,12?,17?/m0/s1. The van der Waals surface area contributed by atoms with Crippen LogP contribution in [0.4, 0.5) is 51.1 Å². The third-order valence-electron chi connectivity index (χ3n) is 6.66. The van der Waals surface area contributed by atoms with E-state index in [1.54, 1.807) is 4.90 Å². The molecule has 206 valence electrons. The van der Waals surface area contributed by atoms with Crippen LogP contribution in [0, 0.1) is 11.8 Å². The number of alkyl halides is 9. The zero-order valence-corrected chi connectivity index (χ0v) is 19.2. The van der Waals surface area contributed by atoms with Gasteiger partial charge in [-0.2, -0.15) is 44.5 Å². The van der Waals surface area contributed by atoms with Crippen LogP contribution in [0.25, 0.3) is 5.65 Å². The molecule has 2 fully saturated rings. The van der Waals surface area contributed by atoms with Crippen LogP contribution in [0.15, 0.2) is 30.5 Å². The molecule has 3 aromatic rings. The molecule has 0 amide bonds. The van der Waals surface area contributed by atoms with E-state index in [0.717, 1.165) is 18.3 Å². The number of pyridine rings is 2. The Kier molecular flexibility index (Phi) is 6.25. The first-order chi connectivity index (χ1) is 17.7. The van der Waals surface area contributed by atoms with Gasteiger partial charge in [0.1, 0.15) is 11.4 Å². The van der Waals surface area contributed by atoms with E-state index in [-0.39, 0.29) is 23.8 Å². The summed E-state index contributed by atoms with van der Waals surface area (Å²) >= 11 is 0. The number of rotatable bonds is 5. The zero-order valence-electron chi connectivity index (χ0n) is 19.2. The summed E-state index contributed by atoms with van der Waals surface area (Å²) in [7, 11) is 0. The highest BCUT2D eigenvalue weighted by Gasteiger charge is 2.43. The Morgan fingerprint density at radius 2 is 1.61 bits per heavy atom. The molecule has 1 saturated heterocycles. The maximum absolute atomic E-state index is 13.5. The van der Waals surface area contributed by atoms with Crippen LogP contribution in [-0.4, -0.2) is 51.5 Å². The second kappa shape index (κ2) is 9.08. The molecular weight excluding hydrogens is 535 g/mol. The zero-order chi connectivity index (χ0) is 27.5. The van der Waals surface area contributed by atoms with Gasteiger partial charge in [-0.3, -0.25) is 4.98 Å². The van der Waals surface area contributed by atoms with Gasteiger partial charge in [0.15, 0.2) is 18.0 Å². The normalized spacial score (nSPS) is 22.2. The fourth-order valence-electron chi connectivity index (χ4n) is 5.08. The van der Waals surface area contributed by atoms with Gasteiger partial charge in [-0.1, -0.05) is 0 Å². The van der Waals surface area contributed by atoms with Crippen LogP contribution in [0.5, 0.6) is 5.75 Å². The van der Waals surface area contributed by atoms with E-state index in [1.165, 1.54) is 6.07 Å². The number of aromatic nitrogens is 4. The Hall–Kier alpha value is -3.46. The quantitative estimate of drug-likeness (QED) is 0.425. The maximum Gasteiger partial charge on any atom is 0.433 e. The molecule has 1 N–H and O–H groups in total. The van der Waals surface area contributed by atoms with Gasteiger partial charge < -0.3 is 15.0 Å². The predicted molar refractivity (Wildman–Crippen MR) is 115 cm³/mol. The van der Waals surface area contributed by atoms with Crippen LogP contribution in [0.2, 0.25) is 0 Å². The largest absolute Gasteiger partial charge is 0.480 e. The first-order valence-corrected chi connectivity index (χ1v) is 11.4. The lowest BCUT2D eigenvalue weighted by Crippen LogP contribution is -2.48. The molecular formula is C22H19F9N6O. The minimum absolute atomic E-state index is 0.0918. The number of hydrogen-bond donors (Lipinski definition) is 1. The molecule has 2 aliphatic rings. The maximum atomic E-state index is 13.5. The smallest absolute Gasteiger partial charge is 0.433 e. The molecule has 1 aliphatic heterocycles. The van der Waals surface area contributed by atoms with Gasteiger partial charge in [0.2, 0.25) is 5.95 Å². The number of hydrogen-bond acceptors (Lipinski definition) is 6. The molecule has 1 aliphatic carbocycles. The van der Waals surface area contributed by atoms with E-state index >= 15 is 0 Å². The fraction of sp³-hybridized carbons (Fsp3) is 0.500. The molecule has 3 aromatic heterocycles. The van der Waals surface area contributed by atoms with Crippen molar-refractivity contribution in [2.75, 3.05) is 29.9 Å². The SMILES string of the molecule is FC(F)(F)COc1ccc(C(F)(F)F)n2nc(NC3C4CC[C@H]3CN(c3ccnc(C(F)(F)F)c3)C4)nc12. The summed E-state index contributed by atoms with van der Waals surface area (Å²) in [5.74, 6) is -0.930. The summed E-state index contributed by atoms with van der Waals surface area (Å²) < 4.78 is 123. The average Bonchev–Trinajstić information content (AvgIpc) is 3.32. The minimum atomic E-state index is -4.87. The Morgan fingerprint density at radius 3 is 2.21 bits per heavy atom. The number of piperidine rings is 1. The van der Waals surface area contributed by atoms with E-state index < -0.39 is 47.9 Å². The summed E-state index contributed by atoms with van der Waals surface area (Å²) in [6.07, 6.45) is -11.7. The highest BCUT2D eigenvalue weighted by molar-refractivity contribution is 5.57. The summed E-state index contributed by atoms with van der Waals surface area (Å²) in [6, 6.07) is 3.46. The van der Waals surface area contributed by atoms with E-state index in [0.29, 0.717) is 42.2 Å². The monoisotopic (exact) mass is 554 g/mol. The molecule has 0 radical (unpaired) electrons. The van der Waals surface area contributed by atoms with Gasteiger partial charge in [0, 0.05) is 31.0 Å². The summed E-state index contributed by atoms with van der Waals surface area (Å²) in [4.78, 5) is 9.17. The van der Waals surface area contributed by atoms with Crippen molar-refractivity contribution in [3.05, 3.63) is 41.9 Å². The average molecular weight is 554 g/mol. The molecule has 7 nitrogen and oxygen atoms in total. The van der Waals surface area contributed by atoms with Gasteiger partial charge in [0.05, 0.1) is 0 Å². The molecule has 1 saturated carbocycles. The van der Waals surface area contributed by atoms with Gasteiger partial charge in [-0.05, 0) is 48.9 Å². The van der Waals surface area contributed by atoms with Crippen LogP contribution < -0.4 is 15.0 Å². The van der Waals surface area contributed by atoms with Crippen LogP contribution >= 0.6 is 0 Å². The lowest BCUT2D eigenvalue weighted by Gasteiger charge is -2.39.